The van der Waals surface area contributed by atoms with Crippen LogP contribution in [0.25, 0.3) is 0 Å². The van der Waals surface area contributed by atoms with Gasteiger partial charge >= 0.3 is 0 Å². The molecular weight excluding hydrogens is 308 g/mol. The molecule has 0 saturated carbocycles. The number of anilines is 1. The predicted octanol–water partition coefficient (Wildman–Crippen LogP) is 3.95. The van der Waals surface area contributed by atoms with E-state index in [4.69, 9.17) is 0 Å². The molecule has 2 N–H and O–H groups in total. The molecule has 0 amide bonds. The highest BCUT2D eigenvalue weighted by molar-refractivity contribution is 5.66. The first-order valence-corrected chi connectivity index (χ1v) is 8.29. The summed E-state index contributed by atoms with van der Waals surface area (Å²) in [6, 6.07) is 30.0. The largest absolute Gasteiger partial charge is 0.395 e. The Morgan fingerprint density at radius 1 is 0.800 bits per heavy atom. The Morgan fingerprint density at radius 3 is 1.84 bits per heavy atom. The Hall–Kier alpha value is -3.09. The fourth-order valence-corrected chi connectivity index (χ4v) is 3.20. The third-order valence-corrected chi connectivity index (χ3v) is 4.34. The molecule has 0 atom stereocenters. The number of hydrogen-bond donors (Lipinski definition) is 2. The summed E-state index contributed by atoms with van der Waals surface area (Å²) in [6.45, 7) is 0.465. The average Bonchev–Trinajstić information content (AvgIpc) is 2.70. The smallest absolute Gasteiger partial charge is 0.134 e. The van der Waals surface area contributed by atoms with Gasteiger partial charge in [0.25, 0.3) is 0 Å². The van der Waals surface area contributed by atoms with Crippen LogP contribution in [0.3, 0.4) is 0 Å². The van der Waals surface area contributed by atoms with E-state index in [9.17, 15) is 10.4 Å². The van der Waals surface area contributed by atoms with E-state index in [1.165, 1.54) is 0 Å². The average molecular weight is 328 g/mol. The highest BCUT2D eigenvalue weighted by Gasteiger charge is 2.38. The van der Waals surface area contributed by atoms with Crippen LogP contribution in [0.2, 0.25) is 0 Å². The number of nitrogens with zero attached hydrogens (tertiary/aromatic N) is 1. The van der Waals surface area contributed by atoms with Crippen molar-refractivity contribution >= 4 is 5.69 Å². The molecule has 0 aliphatic rings. The maximum atomic E-state index is 10.4. The van der Waals surface area contributed by atoms with Gasteiger partial charge < -0.3 is 10.4 Å². The van der Waals surface area contributed by atoms with Crippen LogP contribution in [-0.2, 0) is 5.41 Å². The van der Waals surface area contributed by atoms with Crippen LogP contribution in [0, 0.1) is 11.3 Å². The van der Waals surface area contributed by atoms with Gasteiger partial charge in [-0.05, 0) is 17.2 Å². The highest BCUT2D eigenvalue weighted by Crippen LogP contribution is 2.41. The second-order valence-corrected chi connectivity index (χ2v) is 5.79. The fraction of sp³-hybridized carbons (Fsp3) is 0.136. The maximum Gasteiger partial charge on any atom is 0.134 e. The van der Waals surface area contributed by atoms with Crippen molar-refractivity contribution in [3.8, 4) is 6.07 Å². The van der Waals surface area contributed by atoms with Crippen molar-refractivity contribution in [2.24, 2.45) is 0 Å². The van der Waals surface area contributed by atoms with Crippen LogP contribution in [-0.4, -0.2) is 18.3 Å². The molecule has 3 heteroatoms. The van der Waals surface area contributed by atoms with Crippen molar-refractivity contribution in [2.45, 2.75) is 5.41 Å². The Balaban J connectivity index is 2.29. The van der Waals surface area contributed by atoms with Crippen LogP contribution in [0.4, 0.5) is 5.69 Å². The zero-order valence-corrected chi connectivity index (χ0v) is 13.9. The van der Waals surface area contributed by atoms with Crippen molar-refractivity contribution in [1.29, 1.82) is 5.26 Å². The van der Waals surface area contributed by atoms with E-state index < -0.39 is 5.41 Å². The van der Waals surface area contributed by atoms with Gasteiger partial charge in [0.05, 0.1) is 12.7 Å². The van der Waals surface area contributed by atoms with E-state index in [0.29, 0.717) is 6.54 Å². The molecule has 3 aromatic rings. The Morgan fingerprint density at radius 2 is 1.32 bits per heavy atom. The van der Waals surface area contributed by atoms with Crippen LogP contribution in [0.15, 0.2) is 84.9 Å². The second kappa shape index (κ2) is 7.65. The number of nitrogens with one attached hydrogen (secondary N) is 1. The number of rotatable bonds is 6. The lowest BCUT2D eigenvalue weighted by Crippen LogP contribution is -2.29. The van der Waals surface area contributed by atoms with Crippen LogP contribution >= 0.6 is 0 Å². The lowest BCUT2D eigenvalue weighted by molar-refractivity contribution is 0.311. The first kappa shape index (κ1) is 16.8. The summed E-state index contributed by atoms with van der Waals surface area (Å²) in [4.78, 5) is 0. The third kappa shape index (κ3) is 3.13. The van der Waals surface area contributed by atoms with Crippen molar-refractivity contribution in [3.05, 3.63) is 102 Å². The van der Waals surface area contributed by atoms with Gasteiger partial charge in [0.2, 0.25) is 0 Å². The summed E-state index contributed by atoms with van der Waals surface area (Å²) in [5.41, 5.74) is 2.64. The Bertz CT molecular complexity index is 814. The van der Waals surface area contributed by atoms with E-state index >= 15 is 0 Å². The van der Waals surface area contributed by atoms with Crippen molar-refractivity contribution in [1.82, 2.24) is 0 Å². The monoisotopic (exact) mass is 328 g/mol. The molecule has 0 bridgehead atoms. The third-order valence-electron chi connectivity index (χ3n) is 4.34. The molecule has 3 rings (SSSR count). The molecule has 3 nitrogen and oxygen atoms in total. The normalized spacial score (nSPS) is 10.9. The Labute approximate surface area is 148 Å². The second-order valence-electron chi connectivity index (χ2n) is 5.79. The molecule has 0 spiro atoms. The number of aliphatic hydroxyl groups is 1. The molecular formula is C22H20N2O. The molecule has 25 heavy (non-hydrogen) atoms. The molecule has 0 aliphatic heterocycles. The van der Waals surface area contributed by atoms with Crippen molar-refractivity contribution in [3.63, 3.8) is 0 Å². The fourth-order valence-electron chi connectivity index (χ4n) is 3.20. The SMILES string of the molecule is N#CC(c1ccccc1)(c1ccccc1)c1ccccc1NCCO. The molecule has 0 aromatic heterocycles. The number of aliphatic hydroxyl groups excluding tert-OH is 1. The minimum absolute atomic E-state index is 0.0323. The zero-order valence-electron chi connectivity index (χ0n) is 13.9. The summed E-state index contributed by atoms with van der Waals surface area (Å²) >= 11 is 0. The van der Waals surface area contributed by atoms with Crippen molar-refractivity contribution < 1.29 is 5.11 Å². The van der Waals surface area contributed by atoms with Crippen LogP contribution in [0.5, 0.6) is 0 Å². The van der Waals surface area contributed by atoms with Gasteiger partial charge in [-0.1, -0.05) is 78.9 Å². The minimum Gasteiger partial charge on any atom is -0.395 e. The van der Waals surface area contributed by atoms with E-state index in [1.807, 2.05) is 84.9 Å². The van der Waals surface area contributed by atoms with E-state index in [1.54, 1.807) is 0 Å². The lowest BCUT2D eigenvalue weighted by atomic mass is 9.70. The first-order valence-electron chi connectivity index (χ1n) is 8.29. The molecule has 3 aromatic carbocycles. The predicted molar refractivity (Wildman–Crippen MR) is 100 cm³/mol. The number of benzene rings is 3. The van der Waals surface area contributed by atoms with E-state index in [2.05, 4.69) is 11.4 Å². The molecule has 0 fully saturated rings. The van der Waals surface area contributed by atoms with Gasteiger partial charge in [-0.25, -0.2) is 0 Å². The van der Waals surface area contributed by atoms with Crippen LogP contribution in [0.1, 0.15) is 16.7 Å². The van der Waals surface area contributed by atoms with Gasteiger partial charge in [-0.15, -0.1) is 0 Å². The lowest BCUT2D eigenvalue weighted by Gasteiger charge is -2.30. The van der Waals surface area contributed by atoms with Gasteiger partial charge in [0.1, 0.15) is 5.41 Å². The number of para-hydroxylation sites is 1. The molecule has 0 unspecified atom stereocenters. The van der Waals surface area contributed by atoms with Gasteiger partial charge in [0, 0.05) is 17.8 Å². The van der Waals surface area contributed by atoms with Gasteiger partial charge in [-0.3, -0.25) is 0 Å². The molecule has 0 radical (unpaired) electrons. The topological polar surface area (TPSA) is 56.0 Å². The summed E-state index contributed by atoms with van der Waals surface area (Å²) in [7, 11) is 0. The highest BCUT2D eigenvalue weighted by atomic mass is 16.3. The van der Waals surface area contributed by atoms with E-state index in [0.717, 1.165) is 22.4 Å². The summed E-state index contributed by atoms with van der Waals surface area (Å²) in [5, 5.41) is 22.8. The number of hydrogen-bond acceptors (Lipinski definition) is 3. The van der Waals surface area contributed by atoms with Gasteiger partial charge in [-0.2, -0.15) is 5.26 Å². The zero-order chi connectivity index (χ0) is 17.5. The molecule has 0 saturated heterocycles. The molecule has 124 valence electrons. The number of nitriles is 1. The minimum atomic E-state index is -0.929. The summed E-state index contributed by atoms with van der Waals surface area (Å²) < 4.78 is 0. The Kier molecular flexibility index (Phi) is 5.13. The quantitative estimate of drug-likeness (QED) is 0.674. The van der Waals surface area contributed by atoms with Crippen molar-refractivity contribution in [2.75, 3.05) is 18.5 Å². The van der Waals surface area contributed by atoms with Crippen LogP contribution < -0.4 is 5.32 Å². The molecule has 0 aliphatic carbocycles. The van der Waals surface area contributed by atoms with Gasteiger partial charge in [0.15, 0.2) is 0 Å². The standard InChI is InChI=1S/C22H20N2O/c23-17-22(18-9-3-1-4-10-18,19-11-5-2-6-12-19)20-13-7-8-14-21(20)24-15-16-25/h1-14,24-25H,15-16H2. The first-order chi connectivity index (χ1) is 12.3. The summed E-state index contributed by atoms with van der Waals surface area (Å²) in [6.07, 6.45) is 0. The molecule has 0 heterocycles. The van der Waals surface area contributed by atoms with E-state index in [-0.39, 0.29) is 6.61 Å². The summed E-state index contributed by atoms with van der Waals surface area (Å²) in [5.74, 6) is 0. The maximum absolute atomic E-state index is 10.4.